The molecule has 19 heavy (non-hydrogen) atoms. The number of piperidine rings is 1. The van der Waals surface area contributed by atoms with Gasteiger partial charge in [0.25, 0.3) is 5.91 Å². The molecule has 0 spiro atoms. The van der Waals surface area contributed by atoms with Gasteiger partial charge >= 0.3 is 0 Å². The highest BCUT2D eigenvalue weighted by atomic mass is 16.5. The van der Waals surface area contributed by atoms with Crippen molar-refractivity contribution in [1.29, 1.82) is 0 Å². The number of benzene rings is 1. The first-order valence-corrected chi connectivity index (χ1v) is 6.82. The fourth-order valence-electron chi connectivity index (χ4n) is 2.35. The van der Waals surface area contributed by atoms with Crippen molar-refractivity contribution < 1.29 is 9.53 Å². The van der Waals surface area contributed by atoms with Crippen LogP contribution in [0.2, 0.25) is 0 Å². The fraction of sp³-hybridized carbons (Fsp3) is 0.533. The van der Waals surface area contributed by atoms with Crippen molar-refractivity contribution in [1.82, 2.24) is 10.2 Å². The summed E-state index contributed by atoms with van der Waals surface area (Å²) in [4.78, 5) is 13.9. The van der Waals surface area contributed by atoms with Gasteiger partial charge in [-0.15, -0.1) is 0 Å². The molecular weight excluding hydrogens is 240 g/mol. The molecular formula is C15H22N2O2. The SMILES string of the molecule is Cc1cccc(OCC(=O)N(C)C2CCNCC2)c1. The van der Waals surface area contributed by atoms with Crippen LogP contribution in [0.15, 0.2) is 24.3 Å². The normalized spacial score (nSPS) is 16.1. The Morgan fingerprint density at radius 3 is 2.84 bits per heavy atom. The summed E-state index contributed by atoms with van der Waals surface area (Å²) in [5, 5.41) is 3.30. The maximum Gasteiger partial charge on any atom is 0.260 e. The number of nitrogens with zero attached hydrogens (tertiary/aromatic N) is 1. The van der Waals surface area contributed by atoms with Crippen molar-refractivity contribution in [3.63, 3.8) is 0 Å². The number of hydrogen-bond donors (Lipinski definition) is 1. The lowest BCUT2D eigenvalue weighted by Gasteiger charge is -2.31. The predicted octanol–water partition coefficient (Wildman–Crippen LogP) is 1.58. The molecule has 0 bridgehead atoms. The summed E-state index contributed by atoms with van der Waals surface area (Å²) in [5.74, 6) is 0.806. The van der Waals surface area contributed by atoms with E-state index in [1.165, 1.54) is 0 Å². The van der Waals surface area contributed by atoms with E-state index in [0.29, 0.717) is 6.04 Å². The van der Waals surface area contributed by atoms with Crippen LogP contribution in [0.4, 0.5) is 0 Å². The molecule has 1 aromatic rings. The Kier molecular flexibility index (Phi) is 4.80. The Labute approximate surface area is 114 Å². The van der Waals surface area contributed by atoms with Crippen molar-refractivity contribution in [2.75, 3.05) is 26.7 Å². The fourth-order valence-corrected chi connectivity index (χ4v) is 2.35. The number of hydrogen-bond acceptors (Lipinski definition) is 3. The van der Waals surface area contributed by atoms with Crippen LogP contribution in [-0.2, 0) is 4.79 Å². The second-order valence-corrected chi connectivity index (χ2v) is 5.09. The van der Waals surface area contributed by atoms with Gasteiger partial charge in [0.1, 0.15) is 5.75 Å². The van der Waals surface area contributed by atoms with Crippen molar-refractivity contribution in [2.45, 2.75) is 25.8 Å². The van der Waals surface area contributed by atoms with E-state index in [2.05, 4.69) is 5.32 Å². The Morgan fingerprint density at radius 1 is 1.42 bits per heavy atom. The number of likely N-dealkylation sites (N-methyl/N-ethyl adjacent to an activating group) is 1. The Morgan fingerprint density at radius 2 is 2.16 bits per heavy atom. The van der Waals surface area contributed by atoms with Gasteiger partial charge in [-0.05, 0) is 50.6 Å². The van der Waals surface area contributed by atoms with Gasteiger partial charge in [-0.3, -0.25) is 4.79 Å². The number of amides is 1. The summed E-state index contributed by atoms with van der Waals surface area (Å²) in [6.45, 7) is 4.10. The molecule has 1 aliphatic rings. The third-order valence-electron chi connectivity index (χ3n) is 3.60. The van der Waals surface area contributed by atoms with E-state index in [9.17, 15) is 4.79 Å². The number of carbonyl (C=O) groups excluding carboxylic acids is 1. The van der Waals surface area contributed by atoms with Crippen LogP contribution in [0.25, 0.3) is 0 Å². The quantitative estimate of drug-likeness (QED) is 0.896. The van der Waals surface area contributed by atoms with Gasteiger partial charge < -0.3 is 15.0 Å². The zero-order chi connectivity index (χ0) is 13.7. The molecule has 1 N–H and O–H groups in total. The van der Waals surface area contributed by atoms with Gasteiger partial charge in [0.05, 0.1) is 0 Å². The molecule has 0 aromatic heterocycles. The van der Waals surface area contributed by atoms with Crippen molar-refractivity contribution in [3.8, 4) is 5.75 Å². The number of aryl methyl sites for hydroxylation is 1. The van der Waals surface area contributed by atoms with Crippen molar-refractivity contribution in [3.05, 3.63) is 29.8 Å². The average molecular weight is 262 g/mol. The van der Waals surface area contributed by atoms with Gasteiger partial charge in [-0.1, -0.05) is 12.1 Å². The first kappa shape index (κ1) is 13.9. The van der Waals surface area contributed by atoms with Gasteiger partial charge in [0, 0.05) is 13.1 Å². The molecule has 0 radical (unpaired) electrons. The second kappa shape index (κ2) is 6.57. The highest BCUT2D eigenvalue weighted by Gasteiger charge is 2.21. The van der Waals surface area contributed by atoms with Crippen LogP contribution < -0.4 is 10.1 Å². The van der Waals surface area contributed by atoms with Gasteiger partial charge in [0.15, 0.2) is 6.61 Å². The molecule has 0 unspecified atom stereocenters. The van der Waals surface area contributed by atoms with E-state index in [1.807, 2.05) is 43.1 Å². The lowest BCUT2D eigenvalue weighted by Crippen LogP contribution is -2.45. The number of nitrogens with one attached hydrogen (secondary N) is 1. The van der Waals surface area contributed by atoms with Crippen LogP contribution in [-0.4, -0.2) is 43.6 Å². The molecule has 1 amide bonds. The van der Waals surface area contributed by atoms with Crippen LogP contribution in [0.3, 0.4) is 0 Å². The topological polar surface area (TPSA) is 41.6 Å². The van der Waals surface area contributed by atoms with E-state index < -0.39 is 0 Å². The van der Waals surface area contributed by atoms with Crippen LogP contribution in [0.1, 0.15) is 18.4 Å². The summed E-state index contributed by atoms with van der Waals surface area (Å²) in [7, 11) is 1.87. The molecule has 0 atom stereocenters. The van der Waals surface area contributed by atoms with Crippen LogP contribution in [0.5, 0.6) is 5.75 Å². The maximum absolute atomic E-state index is 12.1. The van der Waals surface area contributed by atoms with E-state index >= 15 is 0 Å². The largest absolute Gasteiger partial charge is 0.484 e. The first-order chi connectivity index (χ1) is 9.16. The molecule has 104 valence electrons. The first-order valence-electron chi connectivity index (χ1n) is 6.82. The highest BCUT2D eigenvalue weighted by molar-refractivity contribution is 5.77. The standard InChI is InChI=1S/C15H22N2O2/c1-12-4-3-5-14(10-12)19-11-15(18)17(2)13-6-8-16-9-7-13/h3-5,10,13,16H,6-9,11H2,1-2H3. The zero-order valence-corrected chi connectivity index (χ0v) is 11.7. The molecule has 1 fully saturated rings. The molecule has 1 saturated heterocycles. The summed E-state index contributed by atoms with van der Waals surface area (Å²) in [6, 6.07) is 8.11. The summed E-state index contributed by atoms with van der Waals surface area (Å²) >= 11 is 0. The summed E-state index contributed by atoms with van der Waals surface area (Å²) < 4.78 is 5.55. The van der Waals surface area contributed by atoms with Gasteiger partial charge in [-0.25, -0.2) is 0 Å². The highest BCUT2D eigenvalue weighted by Crippen LogP contribution is 2.14. The minimum absolute atomic E-state index is 0.0495. The maximum atomic E-state index is 12.1. The Balaban J connectivity index is 1.83. The molecule has 4 heteroatoms. The number of carbonyl (C=O) groups is 1. The van der Waals surface area contributed by atoms with E-state index in [4.69, 9.17) is 4.74 Å². The predicted molar refractivity (Wildman–Crippen MR) is 75.3 cm³/mol. The van der Waals surface area contributed by atoms with Crippen molar-refractivity contribution >= 4 is 5.91 Å². The van der Waals surface area contributed by atoms with Crippen molar-refractivity contribution in [2.24, 2.45) is 0 Å². The van der Waals surface area contributed by atoms with Gasteiger partial charge in [0.2, 0.25) is 0 Å². The van der Waals surface area contributed by atoms with Crippen LogP contribution >= 0.6 is 0 Å². The lowest BCUT2D eigenvalue weighted by atomic mass is 10.1. The number of ether oxygens (including phenoxy) is 1. The zero-order valence-electron chi connectivity index (χ0n) is 11.7. The minimum Gasteiger partial charge on any atom is -0.484 e. The molecule has 4 nitrogen and oxygen atoms in total. The molecule has 0 aliphatic carbocycles. The molecule has 1 aliphatic heterocycles. The minimum atomic E-state index is 0.0495. The third kappa shape index (κ3) is 3.96. The van der Waals surface area contributed by atoms with E-state index in [1.54, 1.807) is 0 Å². The number of rotatable bonds is 4. The molecule has 1 heterocycles. The van der Waals surface area contributed by atoms with Gasteiger partial charge in [-0.2, -0.15) is 0 Å². The molecule has 2 rings (SSSR count). The molecule has 1 aromatic carbocycles. The summed E-state index contributed by atoms with van der Waals surface area (Å²) in [6.07, 6.45) is 2.04. The monoisotopic (exact) mass is 262 g/mol. The molecule has 0 saturated carbocycles. The van der Waals surface area contributed by atoms with E-state index in [0.717, 1.165) is 37.2 Å². The van der Waals surface area contributed by atoms with Crippen LogP contribution in [0, 0.1) is 6.92 Å². The summed E-state index contributed by atoms with van der Waals surface area (Å²) in [5.41, 5.74) is 1.14. The van der Waals surface area contributed by atoms with E-state index in [-0.39, 0.29) is 12.5 Å². The second-order valence-electron chi connectivity index (χ2n) is 5.09. The third-order valence-corrected chi connectivity index (χ3v) is 3.60. The average Bonchev–Trinajstić information content (AvgIpc) is 2.45. The Bertz CT molecular complexity index is 428. The smallest absolute Gasteiger partial charge is 0.260 e. The lowest BCUT2D eigenvalue weighted by molar-refractivity contribution is -0.134. The Hall–Kier alpha value is -1.55.